The Morgan fingerprint density at radius 2 is 1.70 bits per heavy atom. The van der Waals surface area contributed by atoms with Crippen LogP contribution in [0.2, 0.25) is 0 Å². The number of benzene rings is 3. The minimum Gasteiger partial charge on any atom is -0.355 e. The minimum atomic E-state index is -3.69. The molecule has 5 nitrogen and oxygen atoms in total. The van der Waals surface area contributed by atoms with Gasteiger partial charge in [0, 0.05) is 18.5 Å². The van der Waals surface area contributed by atoms with E-state index in [4.69, 9.17) is 0 Å². The molecule has 0 radical (unpaired) electrons. The number of likely N-dealkylation sites (N-methyl/N-ethyl adjacent to an activating group) is 1. The monoisotopic (exact) mass is 442 g/mol. The Hall–Kier alpha value is -2.35. The average molecular weight is 443 g/mol. The molecule has 0 heterocycles. The molecule has 7 heteroatoms. The molecule has 0 saturated carbocycles. The molecule has 30 heavy (non-hydrogen) atoms. The average Bonchev–Trinajstić information content (AvgIpc) is 2.76. The predicted octanol–water partition coefficient (Wildman–Crippen LogP) is 3.93. The van der Waals surface area contributed by atoms with Gasteiger partial charge in [0.1, 0.15) is 0 Å². The van der Waals surface area contributed by atoms with Gasteiger partial charge in [-0.15, -0.1) is 11.8 Å². The molecule has 3 aromatic rings. The predicted molar refractivity (Wildman–Crippen MR) is 123 cm³/mol. The SMILES string of the molecule is CSc1ccc(S(=O)(=O)N(C)CC(=O)NCCCc2cccc3ccccc23)cc1. The van der Waals surface area contributed by atoms with Crippen molar-refractivity contribution in [1.29, 1.82) is 0 Å². The van der Waals surface area contributed by atoms with Gasteiger partial charge in [-0.25, -0.2) is 8.42 Å². The first-order valence-electron chi connectivity index (χ1n) is 9.75. The number of hydrogen-bond donors (Lipinski definition) is 1. The lowest BCUT2D eigenvalue weighted by atomic mass is 10.0. The van der Waals surface area contributed by atoms with Gasteiger partial charge in [-0.1, -0.05) is 42.5 Å². The maximum atomic E-state index is 12.6. The van der Waals surface area contributed by atoms with Gasteiger partial charge in [0.05, 0.1) is 11.4 Å². The topological polar surface area (TPSA) is 66.5 Å². The molecule has 0 aliphatic heterocycles. The van der Waals surface area contributed by atoms with Crippen molar-refractivity contribution >= 4 is 38.5 Å². The molecular weight excluding hydrogens is 416 g/mol. The molecule has 0 unspecified atom stereocenters. The highest BCUT2D eigenvalue weighted by Gasteiger charge is 2.22. The number of amides is 1. The summed E-state index contributed by atoms with van der Waals surface area (Å²) in [7, 11) is -2.27. The normalized spacial score (nSPS) is 11.7. The van der Waals surface area contributed by atoms with Crippen molar-refractivity contribution in [2.75, 3.05) is 26.4 Å². The van der Waals surface area contributed by atoms with E-state index in [-0.39, 0.29) is 17.3 Å². The fourth-order valence-electron chi connectivity index (χ4n) is 3.29. The van der Waals surface area contributed by atoms with Gasteiger partial charge in [0.25, 0.3) is 0 Å². The summed E-state index contributed by atoms with van der Waals surface area (Å²) < 4.78 is 26.4. The zero-order chi connectivity index (χ0) is 21.6. The van der Waals surface area contributed by atoms with Crippen LogP contribution in [0.1, 0.15) is 12.0 Å². The van der Waals surface area contributed by atoms with E-state index in [0.29, 0.717) is 6.54 Å². The van der Waals surface area contributed by atoms with Crippen LogP contribution >= 0.6 is 11.8 Å². The number of carbonyl (C=O) groups excluding carboxylic acids is 1. The third kappa shape index (κ3) is 5.41. The van der Waals surface area contributed by atoms with Gasteiger partial charge in [-0.2, -0.15) is 4.31 Å². The molecule has 0 aromatic heterocycles. The fourth-order valence-corrected chi connectivity index (χ4v) is 4.82. The lowest BCUT2D eigenvalue weighted by Crippen LogP contribution is -2.38. The summed E-state index contributed by atoms with van der Waals surface area (Å²) in [4.78, 5) is 13.4. The van der Waals surface area contributed by atoms with E-state index in [9.17, 15) is 13.2 Å². The Balaban J connectivity index is 1.50. The Bertz CT molecular complexity index is 1110. The number of sulfonamides is 1. The van der Waals surface area contributed by atoms with Gasteiger partial charge >= 0.3 is 0 Å². The first kappa shape index (κ1) is 22.3. The molecule has 0 fully saturated rings. The van der Waals surface area contributed by atoms with Crippen LogP contribution in [-0.2, 0) is 21.2 Å². The van der Waals surface area contributed by atoms with Crippen molar-refractivity contribution in [3.8, 4) is 0 Å². The van der Waals surface area contributed by atoms with Gasteiger partial charge < -0.3 is 5.32 Å². The van der Waals surface area contributed by atoms with Crippen LogP contribution in [0.15, 0.2) is 76.5 Å². The van der Waals surface area contributed by atoms with Crippen molar-refractivity contribution in [3.63, 3.8) is 0 Å². The lowest BCUT2D eigenvalue weighted by molar-refractivity contribution is -0.121. The summed E-state index contributed by atoms with van der Waals surface area (Å²) in [5, 5.41) is 5.26. The smallest absolute Gasteiger partial charge is 0.243 e. The second-order valence-corrected chi connectivity index (χ2v) is 9.95. The molecule has 3 rings (SSSR count). The molecule has 0 aliphatic carbocycles. The summed E-state index contributed by atoms with van der Waals surface area (Å²) in [5.41, 5.74) is 1.25. The highest BCUT2D eigenvalue weighted by atomic mass is 32.2. The number of rotatable bonds is 9. The molecule has 0 bridgehead atoms. The van der Waals surface area contributed by atoms with Crippen LogP contribution in [0.25, 0.3) is 10.8 Å². The number of nitrogens with one attached hydrogen (secondary N) is 1. The second-order valence-electron chi connectivity index (χ2n) is 7.03. The van der Waals surface area contributed by atoms with Crippen LogP contribution < -0.4 is 5.32 Å². The van der Waals surface area contributed by atoms with E-state index in [1.807, 2.05) is 24.5 Å². The third-order valence-corrected chi connectivity index (χ3v) is 7.52. The zero-order valence-corrected chi connectivity index (χ0v) is 18.8. The fraction of sp³-hybridized carbons (Fsp3) is 0.261. The first-order valence-corrected chi connectivity index (χ1v) is 12.4. The molecule has 3 aromatic carbocycles. The maximum Gasteiger partial charge on any atom is 0.243 e. The van der Waals surface area contributed by atoms with Crippen molar-refractivity contribution in [2.45, 2.75) is 22.6 Å². The van der Waals surface area contributed by atoms with E-state index < -0.39 is 10.0 Å². The molecule has 158 valence electrons. The highest BCUT2D eigenvalue weighted by molar-refractivity contribution is 7.98. The Labute approximate surface area is 182 Å². The zero-order valence-electron chi connectivity index (χ0n) is 17.2. The molecule has 0 spiro atoms. The number of carbonyl (C=O) groups is 1. The summed E-state index contributed by atoms with van der Waals surface area (Å²) in [6.07, 6.45) is 3.56. The second kappa shape index (κ2) is 10.1. The van der Waals surface area contributed by atoms with Crippen molar-refractivity contribution in [2.24, 2.45) is 0 Å². The van der Waals surface area contributed by atoms with Crippen molar-refractivity contribution in [1.82, 2.24) is 9.62 Å². The van der Waals surface area contributed by atoms with Gasteiger partial charge in [0.15, 0.2) is 0 Å². The number of thioether (sulfide) groups is 1. The van der Waals surface area contributed by atoms with Crippen LogP contribution in [0.3, 0.4) is 0 Å². The van der Waals surface area contributed by atoms with Crippen LogP contribution in [0, 0.1) is 0 Å². The maximum absolute atomic E-state index is 12.6. The van der Waals surface area contributed by atoms with Gasteiger partial charge in [-0.3, -0.25) is 4.79 Å². The van der Waals surface area contributed by atoms with Crippen LogP contribution in [-0.4, -0.2) is 45.0 Å². The summed E-state index contributed by atoms with van der Waals surface area (Å²) >= 11 is 1.54. The minimum absolute atomic E-state index is 0.187. The molecule has 0 saturated heterocycles. The number of hydrogen-bond acceptors (Lipinski definition) is 4. The number of aryl methyl sites for hydroxylation is 1. The van der Waals surface area contributed by atoms with Crippen LogP contribution in [0.5, 0.6) is 0 Å². The molecular formula is C23H26N2O3S2. The summed E-state index contributed by atoms with van der Waals surface area (Å²) in [5.74, 6) is -0.306. The third-order valence-electron chi connectivity index (χ3n) is 4.96. The molecule has 0 aliphatic rings. The Kier molecular flexibility index (Phi) is 7.53. The van der Waals surface area contributed by atoms with E-state index in [1.54, 1.807) is 36.0 Å². The summed E-state index contributed by atoms with van der Waals surface area (Å²) in [6, 6.07) is 21.1. The quantitative estimate of drug-likeness (QED) is 0.403. The Morgan fingerprint density at radius 1 is 1.00 bits per heavy atom. The molecule has 0 atom stereocenters. The van der Waals surface area contributed by atoms with Gasteiger partial charge in [0.2, 0.25) is 15.9 Å². The lowest BCUT2D eigenvalue weighted by Gasteiger charge is -2.17. The molecule has 1 amide bonds. The van der Waals surface area contributed by atoms with E-state index in [1.165, 1.54) is 23.4 Å². The highest BCUT2D eigenvalue weighted by Crippen LogP contribution is 2.20. The first-order chi connectivity index (χ1) is 14.4. The largest absolute Gasteiger partial charge is 0.355 e. The number of nitrogens with zero attached hydrogens (tertiary/aromatic N) is 1. The molecule has 1 N–H and O–H groups in total. The number of fused-ring (bicyclic) bond motifs is 1. The van der Waals surface area contributed by atoms with E-state index in [2.05, 4.69) is 29.6 Å². The van der Waals surface area contributed by atoms with Crippen molar-refractivity contribution in [3.05, 3.63) is 72.3 Å². The Morgan fingerprint density at radius 3 is 2.43 bits per heavy atom. The van der Waals surface area contributed by atoms with E-state index in [0.717, 1.165) is 22.0 Å². The summed E-state index contributed by atoms with van der Waals surface area (Å²) in [6.45, 7) is 0.291. The standard InChI is InChI=1S/C23H26N2O3S2/c1-25(30(27,28)21-14-12-20(29-2)13-15-21)17-23(26)24-16-6-10-19-9-5-8-18-7-3-4-11-22(18)19/h3-5,7-9,11-15H,6,10,16-17H2,1-2H3,(H,24,26). The van der Waals surface area contributed by atoms with Gasteiger partial charge in [-0.05, 0) is 59.7 Å². The van der Waals surface area contributed by atoms with E-state index >= 15 is 0 Å². The van der Waals surface area contributed by atoms with Crippen LogP contribution in [0.4, 0.5) is 0 Å². The van der Waals surface area contributed by atoms with Crippen molar-refractivity contribution < 1.29 is 13.2 Å².